The molecule has 0 saturated heterocycles. The molecule has 0 aliphatic carbocycles. The second kappa shape index (κ2) is 7.94. The van der Waals surface area contributed by atoms with E-state index in [9.17, 15) is 9.59 Å². The van der Waals surface area contributed by atoms with Crippen LogP contribution in [0.3, 0.4) is 0 Å². The molecule has 0 bridgehead atoms. The van der Waals surface area contributed by atoms with Gasteiger partial charge in [-0.2, -0.15) is 0 Å². The zero-order valence-electron chi connectivity index (χ0n) is 12.3. The summed E-state index contributed by atoms with van der Waals surface area (Å²) in [6.45, 7) is 2.30. The van der Waals surface area contributed by atoms with Gasteiger partial charge in [-0.15, -0.1) is 0 Å². The van der Waals surface area contributed by atoms with Gasteiger partial charge in [0.15, 0.2) is 0 Å². The summed E-state index contributed by atoms with van der Waals surface area (Å²) in [5, 5.41) is 3.02. The number of nitrogens with zero attached hydrogens (tertiary/aromatic N) is 1. The third-order valence-corrected chi connectivity index (χ3v) is 3.56. The second-order valence-electron chi connectivity index (χ2n) is 4.66. The first kappa shape index (κ1) is 17.2. The number of carbonyl (C=O) groups excluding carboxylic acids is 2. The fourth-order valence-corrected chi connectivity index (χ4v) is 1.99. The molecule has 0 fully saturated rings. The number of esters is 1. The molecule has 5 nitrogen and oxygen atoms in total. The van der Waals surface area contributed by atoms with Gasteiger partial charge in [0.1, 0.15) is 5.15 Å². The number of carbonyl (C=O) groups is 2. The molecule has 120 valence electrons. The van der Waals surface area contributed by atoms with Crippen molar-refractivity contribution < 1.29 is 14.3 Å². The van der Waals surface area contributed by atoms with Crippen molar-refractivity contribution in [2.45, 2.75) is 13.3 Å². The number of hydrogen-bond donors (Lipinski definition) is 1. The molecule has 1 aromatic heterocycles. The third-order valence-electron chi connectivity index (χ3n) is 2.87. The summed E-state index contributed by atoms with van der Waals surface area (Å²) in [5.41, 5.74) is 1.24. The number of halogens is 2. The monoisotopic (exact) mass is 352 g/mol. The van der Waals surface area contributed by atoms with Crippen LogP contribution in [0.1, 0.15) is 34.1 Å². The van der Waals surface area contributed by atoms with Gasteiger partial charge in [-0.05, 0) is 36.8 Å². The Morgan fingerprint density at radius 1 is 1.17 bits per heavy atom. The van der Waals surface area contributed by atoms with E-state index in [-0.39, 0.29) is 21.6 Å². The molecule has 2 rings (SSSR count). The van der Waals surface area contributed by atoms with E-state index < -0.39 is 5.97 Å². The van der Waals surface area contributed by atoms with E-state index >= 15 is 0 Å². The third kappa shape index (κ3) is 4.68. The Bertz CT molecular complexity index is 718. The Balaban J connectivity index is 2.04. The van der Waals surface area contributed by atoms with E-state index in [2.05, 4.69) is 10.3 Å². The highest BCUT2D eigenvalue weighted by Crippen LogP contribution is 2.20. The lowest BCUT2D eigenvalue weighted by Crippen LogP contribution is -2.12. The molecule has 0 spiro atoms. The number of anilines is 1. The Kier molecular flexibility index (Phi) is 5.96. The molecule has 1 N–H and O–H groups in total. The van der Waals surface area contributed by atoms with Crippen molar-refractivity contribution in [2.24, 2.45) is 0 Å². The topological polar surface area (TPSA) is 68.3 Å². The maximum absolute atomic E-state index is 12.1. The van der Waals surface area contributed by atoms with Crippen molar-refractivity contribution in [3.63, 3.8) is 0 Å². The van der Waals surface area contributed by atoms with Gasteiger partial charge in [-0.25, -0.2) is 9.78 Å². The molecule has 7 heteroatoms. The van der Waals surface area contributed by atoms with Gasteiger partial charge in [-0.3, -0.25) is 4.79 Å². The summed E-state index contributed by atoms with van der Waals surface area (Å²) in [6, 6.07) is 7.83. The summed E-state index contributed by atoms with van der Waals surface area (Å²) in [4.78, 5) is 27.6. The van der Waals surface area contributed by atoms with Crippen molar-refractivity contribution >= 4 is 40.8 Å². The molecule has 0 unspecified atom stereocenters. The average Bonchev–Trinajstić information content (AvgIpc) is 2.55. The second-order valence-corrected chi connectivity index (χ2v) is 5.43. The van der Waals surface area contributed by atoms with Crippen LogP contribution in [-0.4, -0.2) is 23.5 Å². The predicted molar refractivity (Wildman–Crippen MR) is 89.2 cm³/mol. The molecular weight excluding hydrogens is 339 g/mol. The largest absolute Gasteiger partial charge is 0.462 e. The standard InChI is InChI=1S/C16H14Cl2N2O3/c1-2-7-23-16(22)10-3-5-12(6-4-10)20-15(21)11-8-13(17)14(18)19-9-11/h3-6,8-9H,2,7H2,1H3,(H,20,21). The molecule has 0 aliphatic rings. The normalized spacial score (nSPS) is 10.2. The average molecular weight is 353 g/mol. The summed E-state index contributed by atoms with van der Waals surface area (Å²) >= 11 is 11.5. The molecule has 0 atom stereocenters. The molecule has 2 aromatic rings. The predicted octanol–water partition coefficient (Wildman–Crippen LogP) is 4.21. The van der Waals surface area contributed by atoms with Gasteiger partial charge in [0.2, 0.25) is 0 Å². The van der Waals surface area contributed by atoms with E-state index in [4.69, 9.17) is 27.9 Å². The van der Waals surface area contributed by atoms with Crippen LogP contribution in [0, 0.1) is 0 Å². The van der Waals surface area contributed by atoms with Crippen LogP contribution in [0.2, 0.25) is 10.2 Å². The highest BCUT2D eigenvalue weighted by Gasteiger charge is 2.11. The van der Waals surface area contributed by atoms with Crippen LogP contribution in [0.25, 0.3) is 0 Å². The fourth-order valence-electron chi connectivity index (χ4n) is 1.72. The molecule has 0 radical (unpaired) electrons. The molecule has 1 heterocycles. The van der Waals surface area contributed by atoms with Crippen LogP contribution in [0.5, 0.6) is 0 Å². The SMILES string of the molecule is CCCOC(=O)c1ccc(NC(=O)c2cnc(Cl)c(Cl)c2)cc1. The van der Waals surface area contributed by atoms with E-state index in [1.54, 1.807) is 24.3 Å². The lowest BCUT2D eigenvalue weighted by molar-refractivity contribution is 0.0505. The number of hydrogen-bond acceptors (Lipinski definition) is 4. The number of ether oxygens (including phenoxy) is 1. The van der Waals surface area contributed by atoms with Crippen molar-refractivity contribution in [3.05, 3.63) is 57.8 Å². The van der Waals surface area contributed by atoms with Crippen molar-refractivity contribution in [1.29, 1.82) is 0 Å². The fraction of sp³-hybridized carbons (Fsp3) is 0.188. The first-order chi connectivity index (χ1) is 11.0. The molecule has 0 aliphatic heterocycles. The Hall–Kier alpha value is -2.11. The van der Waals surface area contributed by atoms with Gasteiger partial charge in [0.25, 0.3) is 5.91 Å². The first-order valence-corrected chi connectivity index (χ1v) is 7.66. The zero-order valence-corrected chi connectivity index (χ0v) is 13.8. The van der Waals surface area contributed by atoms with E-state index in [1.165, 1.54) is 12.3 Å². The highest BCUT2D eigenvalue weighted by atomic mass is 35.5. The molecule has 1 aromatic carbocycles. The summed E-state index contributed by atoms with van der Waals surface area (Å²) in [5.74, 6) is -0.768. The van der Waals surface area contributed by atoms with E-state index in [0.717, 1.165) is 6.42 Å². The Morgan fingerprint density at radius 3 is 2.48 bits per heavy atom. The van der Waals surface area contributed by atoms with Crippen LogP contribution >= 0.6 is 23.2 Å². The van der Waals surface area contributed by atoms with E-state index in [1.807, 2.05) is 6.92 Å². The van der Waals surface area contributed by atoms with Crippen molar-refractivity contribution in [1.82, 2.24) is 4.98 Å². The van der Waals surface area contributed by atoms with Crippen LogP contribution < -0.4 is 5.32 Å². The lowest BCUT2D eigenvalue weighted by Gasteiger charge is -2.07. The maximum Gasteiger partial charge on any atom is 0.338 e. The van der Waals surface area contributed by atoms with Gasteiger partial charge in [0, 0.05) is 11.9 Å². The zero-order chi connectivity index (χ0) is 16.8. The van der Waals surface area contributed by atoms with Crippen LogP contribution in [0.15, 0.2) is 36.5 Å². The number of pyridine rings is 1. The van der Waals surface area contributed by atoms with Gasteiger partial charge in [0.05, 0.1) is 22.8 Å². The van der Waals surface area contributed by atoms with Gasteiger partial charge in [-0.1, -0.05) is 30.1 Å². The number of rotatable bonds is 5. The smallest absolute Gasteiger partial charge is 0.338 e. The highest BCUT2D eigenvalue weighted by molar-refractivity contribution is 6.41. The van der Waals surface area contributed by atoms with Gasteiger partial charge >= 0.3 is 5.97 Å². The summed E-state index contributed by atoms with van der Waals surface area (Å²) < 4.78 is 5.03. The number of benzene rings is 1. The lowest BCUT2D eigenvalue weighted by atomic mass is 10.2. The number of nitrogens with one attached hydrogen (secondary N) is 1. The van der Waals surface area contributed by atoms with Gasteiger partial charge < -0.3 is 10.1 Å². The quantitative estimate of drug-likeness (QED) is 0.646. The van der Waals surface area contributed by atoms with Crippen molar-refractivity contribution in [2.75, 3.05) is 11.9 Å². The molecule has 1 amide bonds. The Labute approximate surface area is 143 Å². The Morgan fingerprint density at radius 2 is 1.87 bits per heavy atom. The molecular formula is C16H14Cl2N2O3. The minimum atomic E-state index is -0.390. The maximum atomic E-state index is 12.1. The summed E-state index contributed by atoms with van der Waals surface area (Å²) in [7, 11) is 0. The molecule has 23 heavy (non-hydrogen) atoms. The van der Waals surface area contributed by atoms with Crippen LogP contribution in [0.4, 0.5) is 5.69 Å². The first-order valence-electron chi connectivity index (χ1n) is 6.91. The number of aromatic nitrogens is 1. The summed E-state index contributed by atoms with van der Waals surface area (Å²) in [6.07, 6.45) is 2.09. The van der Waals surface area contributed by atoms with E-state index in [0.29, 0.717) is 17.9 Å². The number of amides is 1. The van der Waals surface area contributed by atoms with Crippen LogP contribution in [-0.2, 0) is 4.74 Å². The minimum Gasteiger partial charge on any atom is -0.462 e. The minimum absolute atomic E-state index is 0.137. The van der Waals surface area contributed by atoms with Crippen molar-refractivity contribution in [3.8, 4) is 0 Å². The molecule has 0 saturated carbocycles.